The molecule has 10 nitrogen and oxygen atoms in total. The van der Waals surface area contributed by atoms with E-state index in [1.165, 1.54) is 38.4 Å². The van der Waals surface area contributed by atoms with Crippen LogP contribution in [0.3, 0.4) is 0 Å². The van der Waals surface area contributed by atoms with E-state index in [9.17, 15) is 22.8 Å². The van der Waals surface area contributed by atoms with Gasteiger partial charge in [-0.05, 0) is 68.3 Å². The number of anilines is 1. The summed E-state index contributed by atoms with van der Waals surface area (Å²) >= 11 is 1.07. The van der Waals surface area contributed by atoms with Crippen LogP contribution in [-0.4, -0.2) is 55.1 Å². The van der Waals surface area contributed by atoms with Crippen LogP contribution < -0.4 is 10.9 Å². The molecule has 0 unspecified atom stereocenters. The van der Waals surface area contributed by atoms with E-state index in [-0.39, 0.29) is 38.5 Å². The smallest absolute Gasteiger partial charge is 0.359 e. The second-order valence-corrected chi connectivity index (χ2v) is 11.7. The zero-order valence-corrected chi connectivity index (χ0v) is 23.1. The highest BCUT2D eigenvalue weighted by molar-refractivity contribution is 7.89. The lowest BCUT2D eigenvalue weighted by molar-refractivity contribution is 0.0520. The Kier molecular flexibility index (Phi) is 7.49. The van der Waals surface area contributed by atoms with Crippen LogP contribution in [0.4, 0.5) is 5.00 Å². The third-order valence-corrected chi connectivity index (χ3v) is 8.70. The molecule has 2 aromatic heterocycles. The molecule has 12 heteroatoms. The fraction of sp³-hybridized carbons (Fsp3) is 0.231. The number of hydrogen-bond acceptors (Lipinski definition) is 8. The predicted octanol–water partition coefficient (Wildman–Crippen LogP) is 3.74. The lowest BCUT2D eigenvalue weighted by atomic mass is 10.1. The third kappa shape index (κ3) is 4.97. The first-order valence-corrected chi connectivity index (χ1v) is 13.9. The molecule has 0 aliphatic heterocycles. The number of ether oxygens (including phenoxy) is 1. The van der Waals surface area contributed by atoms with Crippen LogP contribution in [-0.2, 0) is 14.8 Å². The topological polar surface area (TPSA) is 128 Å². The average Bonchev–Trinajstić information content (AvgIpc) is 3.30. The second-order valence-electron chi connectivity index (χ2n) is 8.67. The van der Waals surface area contributed by atoms with E-state index in [4.69, 9.17) is 4.74 Å². The van der Waals surface area contributed by atoms with Gasteiger partial charge in [0.15, 0.2) is 5.69 Å². The fourth-order valence-electron chi connectivity index (χ4n) is 3.69. The Hall–Kier alpha value is -3.87. The summed E-state index contributed by atoms with van der Waals surface area (Å²) in [6.45, 7) is 5.64. The van der Waals surface area contributed by atoms with Crippen LogP contribution in [0.2, 0.25) is 0 Å². The molecule has 0 bridgehead atoms. The molecule has 2 aromatic carbocycles. The number of aryl methyl sites for hydroxylation is 2. The highest BCUT2D eigenvalue weighted by Gasteiger charge is 2.24. The number of fused-ring (bicyclic) bond motifs is 1. The average molecular weight is 555 g/mol. The van der Waals surface area contributed by atoms with Crippen molar-refractivity contribution in [3.63, 3.8) is 0 Å². The molecule has 0 fully saturated rings. The normalized spacial score (nSPS) is 11.6. The van der Waals surface area contributed by atoms with Crippen molar-refractivity contribution in [2.45, 2.75) is 25.7 Å². The Labute approximate surface area is 223 Å². The van der Waals surface area contributed by atoms with E-state index in [1.54, 1.807) is 24.4 Å². The van der Waals surface area contributed by atoms with Gasteiger partial charge in [0, 0.05) is 30.4 Å². The maximum Gasteiger partial charge on any atom is 0.359 e. The number of esters is 1. The molecular weight excluding hydrogens is 528 g/mol. The SMILES string of the molecule is CCOC(=O)c1nn(-c2ccc(C)c(C)c2)c(=O)c2c(NC(=O)c3ccc(S(=O)(=O)N(C)C)cc3)scc12. The Bertz CT molecular complexity index is 1720. The summed E-state index contributed by atoms with van der Waals surface area (Å²) in [4.78, 5) is 39.4. The summed E-state index contributed by atoms with van der Waals surface area (Å²) < 4.78 is 32.0. The van der Waals surface area contributed by atoms with Crippen molar-refractivity contribution in [1.29, 1.82) is 0 Å². The highest BCUT2D eigenvalue weighted by Crippen LogP contribution is 2.31. The molecular formula is C26H26N4O6S2. The number of carbonyl (C=O) groups is 2. The van der Waals surface area contributed by atoms with E-state index >= 15 is 0 Å². The van der Waals surface area contributed by atoms with E-state index in [1.807, 2.05) is 19.9 Å². The number of carbonyl (C=O) groups excluding carboxylic acids is 2. The molecule has 0 aliphatic carbocycles. The van der Waals surface area contributed by atoms with E-state index in [2.05, 4.69) is 10.4 Å². The van der Waals surface area contributed by atoms with Gasteiger partial charge in [-0.25, -0.2) is 17.5 Å². The van der Waals surface area contributed by atoms with Gasteiger partial charge in [0.2, 0.25) is 10.0 Å². The monoisotopic (exact) mass is 554 g/mol. The second kappa shape index (κ2) is 10.5. The Morgan fingerprint density at radius 3 is 2.37 bits per heavy atom. The molecule has 0 spiro atoms. The van der Waals surface area contributed by atoms with Gasteiger partial charge in [-0.15, -0.1) is 11.3 Å². The first-order valence-electron chi connectivity index (χ1n) is 11.6. The first kappa shape index (κ1) is 27.2. The Balaban J connectivity index is 1.80. The Morgan fingerprint density at radius 1 is 1.08 bits per heavy atom. The zero-order chi connectivity index (χ0) is 27.8. The van der Waals surface area contributed by atoms with Crippen LogP contribution >= 0.6 is 11.3 Å². The van der Waals surface area contributed by atoms with E-state index < -0.39 is 27.5 Å². The van der Waals surface area contributed by atoms with Gasteiger partial charge in [-0.1, -0.05) is 6.07 Å². The molecule has 2 heterocycles. The molecule has 4 aromatic rings. The summed E-state index contributed by atoms with van der Waals surface area (Å²) in [5.74, 6) is -1.24. The molecule has 4 rings (SSSR count). The van der Waals surface area contributed by atoms with Crippen molar-refractivity contribution in [1.82, 2.24) is 14.1 Å². The highest BCUT2D eigenvalue weighted by atomic mass is 32.2. The molecule has 0 atom stereocenters. The number of nitrogens with zero attached hydrogens (tertiary/aromatic N) is 3. The van der Waals surface area contributed by atoms with Crippen molar-refractivity contribution >= 4 is 49.0 Å². The molecule has 38 heavy (non-hydrogen) atoms. The van der Waals surface area contributed by atoms with Crippen LogP contribution in [0.15, 0.2) is 57.5 Å². The minimum atomic E-state index is -3.65. The molecule has 0 saturated carbocycles. The van der Waals surface area contributed by atoms with Gasteiger partial charge in [-0.3, -0.25) is 9.59 Å². The molecule has 0 aliphatic rings. The number of sulfonamides is 1. The largest absolute Gasteiger partial charge is 0.461 e. The number of amides is 1. The Morgan fingerprint density at radius 2 is 1.76 bits per heavy atom. The summed E-state index contributed by atoms with van der Waals surface area (Å²) in [6.07, 6.45) is 0. The van der Waals surface area contributed by atoms with Gasteiger partial charge in [0.25, 0.3) is 11.5 Å². The van der Waals surface area contributed by atoms with Gasteiger partial charge < -0.3 is 10.1 Å². The summed E-state index contributed by atoms with van der Waals surface area (Å²) in [5, 5.41) is 9.23. The van der Waals surface area contributed by atoms with Crippen LogP contribution in [0.1, 0.15) is 38.9 Å². The number of rotatable bonds is 7. The van der Waals surface area contributed by atoms with Crippen molar-refractivity contribution < 1.29 is 22.7 Å². The van der Waals surface area contributed by atoms with Crippen molar-refractivity contribution in [3.8, 4) is 5.69 Å². The van der Waals surface area contributed by atoms with Gasteiger partial charge in [0.05, 0.1) is 22.6 Å². The number of benzene rings is 2. The minimum Gasteiger partial charge on any atom is -0.461 e. The van der Waals surface area contributed by atoms with Gasteiger partial charge in [-0.2, -0.15) is 9.78 Å². The summed E-state index contributed by atoms with van der Waals surface area (Å²) in [5.41, 5.74) is 2.06. The lowest BCUT2D eigenvalue weighted by Gasteiger charge is -2.12. The molecule has 1 N–H and O–H groups in total. The van der Waals surface area contributed by atoms with Gasteiger partial charge in [0.1, 0.15) is 5.00 Å². The van der Waals surface area contributed by atoms with Gasteiger partial charge >= 0.3 is 5.97 Å². The molecule has 1 amide bonds. The zero-order valence-electron chi connectivity index (χ0n) is 21.4. The number of hydrogen-bond donors (Lipinski definition) is 1. The number of thiophene rings is 1. The van der Waals surface area contributed by atoms with Crippen LogP contribution in [0, 0.1) is 13.8 Å². The van der Waals surface area contributed by atoms with E-state index in [0.717, 1.165) is 31.5 Å². The van der Waals surface area contributed by atoms with Crippen molar-refractivity contribution in [2.24, 2.45) is 0 Å². The van der Waals surface area contributed by atoms with Crippen LogP contribution in [0.5, 0.6) is 0 Å². The summed E-state index contributed by atoms with van der Waals surface area (Å²) in [7, 11) is -0.812. The fourth-order valence-corrected chi connectivity index (χ4v) is 5.52. The molecule has 198 valence electrons. The predicted molar refractivity (Wildman–Crippen MR) is 146 cm³/mol. The van der Waals surface area contributed by atoms with Crippen LogP contribution in [0.25, 0.3) is 16.5 Å². The number of nitrogens with one attached hydrogen (secondary N) is 1. The lowest BCUT2D eigenvalue weighted by Crippen LogP contribution is -2.25. The molecule has 0 saturated heterocycles. The van der Waals surface area contributed by atoms with Crippen molar-refractivity contribution in [3.05, 3.63) is 80.6 Å². The number of aromatic nitrogens is 2. The summed E-state index contributed by atoms with van der Waals surface area (Å²) in [6, 6.07) is 10.8. The maximum absolute atomic E-state index is 13.6. The first-order chi connectivity index (χ1) is 17.9. The molecule has 0 radical (unpaired) electrons. The minimum absolute atomic E-state index is 0.0436. The third-order valence-electron chi connectivity index (χ3n) is 5.98. The van der Waals surface area contributed by atoms with Crippen molar-refractivity contribution in [2.75, 3.05) is 26.0 Å². The van der Waals surface area contributed by atoms with E-state index in [0.29, 0.717) is 5.69 Å². The standard InChI is InChI=1S/C26H26N4O6S2/c1-6-36-26(33)22-20-14-37-24(21(20)25(32)30(28-22)18-10-7-15(2)16(3)13-18)27-23(31)17-8-11-19(12-9-17)38(34,35)29(4)5/h7-14H,6H2,1-5H3,(H,27,31). The maximum atomic E-state index is 13.6. The quantitative estimate of drug-likeness (QED) is 0.345.